The molecule has 1 fully saturated rings. The number of aliphatic hydroxyl groups is 1. The minimum atomic E-state index is 0.153. The van der Waals surface area contributed by atoms with Crippen LogP contribution in [0.15, 0.2) is 12.1 Å². The van der Waals surface area contributed by atoms with E-state index in [2.05, 4.69) is 22.0 Å². The Morgan fingerprint density at radius 2 is 2.33 bits per heavy atom. The van der Waals surface area contributed by atoms with E-state index >= 15 is 0 Å². The number of hydrogen-bond donors (Lipinski definition) is 1. The molecule has 2 unspecified atom stereocenters. The fourth-order valence-electron chi connectivity index (χ4n) is 2.03. The van der Waals surface area contributed by atoms with Crippen LogP contribution in [0.4, 0.5) is 5.82 Å². The largest absolute Gasteiger partial charge is 0.394 e. The molecule has 0 saturated carbocycles. The molecule has 1 aromatic heterocycles. The number of halogens is 1. The smallest absolute Gasteiger partial charge is 0.151 e. The molecule has 0 amide bonds. The molecule has 0 aliphatic carbocycles. The molecule has 1 N–H and O–H groups in total. The zero-order valence-electron chi connectivity index (χ0n) is 8.60. The van der Waals surface area contributed by atoms with Crippen molar-refractivity contribution in [3.63, 3.8) is 0 Å². The highest BCUT2D eigenvalue weighted by Gasteiger charge is 2.31. The molecule has 2 rings (SSSR count). The van der Waals surface area contributed by atoms with Gasteiger partial charge in [0.2, 0.25) is 0 Å². The molecule has 0 aromatic carbocycles. The molecule has 0 radical (unpaired) electrons. The molecule has 15 heavy (non-hydrogen) atoms. The van der Waals surface area contributed by atoms with Gasteiger partial charge in [-0.2, -0.15) is 0 Å². The van der Waals surface area contributed by atoms with Crippen molar-refractivity contribution in [2.24, 2.45) is 5.92 Å². The number of aliphatic hydroxyl groups excluding tert-OH is 1. The van der Waals surface area contributed by atoms with Crippen molar-refractivity contribution in [1.82, 2.24) is 10.2 Å². The van der Waals surface area contributed by atoms with Gasteiger partial charge >= 0.3 is 0 Å². The zero-order chi connectivity index (χ0) is 10.8. The topological polar surface area (TPSA) is 49.2 Å². The van der Waals surface area contributed by atoms with Gasteiger partial charge in [0, 0.05) is 6.54 Å². The molecular formula is C10H14ClN3O. The average molecular weight is 228 g/mol. The quantitative estimate of drug-likeness (QED) is 0.829. The summed E-state index contributed by atoms with van der Waals surface area (Å²) in [5.41, 5.74) is 0. The maximum atomic E-state index is 9.31. The number of nitrogens with zero attached hydrogens (tertiary/aromatic N) is 3. The molecule has 1 aliphatic heterocycles. The van der Waals surface area contributed by atoms with Crippen molar-refractivity contribution in [2.45, 2.75) is 19.4 Å². The molecule has 82 valence electrons. The fourth-order valence-corrected chi connectivity index (χ4v) is 2.13. The van der Waals surface area contributed by atoms with Gasteiger partial charge in [0.15, 0.2) is 11.0 Å². The summed E-state index contributed by atoms with van der Waals surface area (Å²) >= 11 is 5.68. The SMILES string of the molecule is CC1CCN(c2ccc(Cl)nn2)C1CO. The first kappa shape index (κ1) is 10.6. The third-order valence-electron chi connectivity index (χ3n) is 2.98. The monoisotopic (exact) mass is 227 g/mol. The predicted octanol–water partition coefficient (Wildman–Crippen LogP) is 1.34. The Morgan fingerprint density at radius 3 is 2.93 bits per heavy atom. The van der Waals surface area contributed by atoms with Crippen LogP contribution in [0.3, 0.4) is 0 Å². The van der Waals surface area contributed by atoms with Crippen LogP contribution >= 0.6 is 11.6 Å². The zero-order valence-corrected chi connectivity index (χ0v) is 9.35. The van der Waals surface area contributed by atoms with Gasteiger partial charge in [0.05, 0.1) is 12.6 Å². The Hall–Kier alpha value is -0.870. The van der Waals surface area contributed by atoms with E-state index < -0.39 is 0 Å². The lowest BCUT2D eigenvalue weighted by atomic mass is 10.0. The molecule has 5 heteroatoms. The molecule has 4 nitrogen and oxygen atoms in total. The van der Waals surface area contributed by atoms with Crippen molar-refractivity contribution in [2.75, 3.05) is 18.1 Å². The van der Waals surface area contributed by atoms with Gasteiger partial charge in [0.1, 0.15) is 0 Å². The van der Waals surface area contributed by atoms with Crippen LogP contribution in [-0.4, -0.2) is 34.5 Å². The van der Waals surface area contributed by atoms with Crippen molar-refractivity contribution in [1.29, 1.82) is 0 Å². The summed E-state index contributed by atoms with van der Waals surface area (Å²) in [6, 6.07) is 3.72. The highest BCUT2D eigenvalue weighted by Crippen LogP contribution is 2.27. The van der Waals surface area contributed by atoms with Gasteiger partial charge < -0.3 is 10.0 Å². The molecule has 1 aromatic rings. The van der Waals surface area contributed by atoms with Crippen molar-refractivity contribution < 1.29 is 5.11 Å². The number of hydrogen-bond acceptors (Lipinski definition) is 4. The minimum absolute atomic E-state index is 0.153. The van der Waals surface area contributed by atoms with Gasteiger partial charge in [-0.25, -0.2) is 0 Å². The lowest BCUT2D eigenvalue weighted by Gasteiger charge is -2.25. The summed E-state index contributed by atoms with van der Waals surface area (Å²) in [5, 5.41) is 17.5. The van der Waals surface area contributed by atoms with Crippen LogP contribution in [0.25, 0.3) is 0 Å². The Bertz CT molecular complexity index is 330. The molecule has 2 atom stereocenters. The Kier molecular flexibility index (Phi) is 3.07. The van der Waals surface area contributed by atoms with Crippen LogP contribution in [0.5, 0.6) is 0 Å². The van der Waals surface area contributed by atoms with Gasteiger partial charge in [-0.3, -0.25) is 0 Å². The molecule has 1 saturated heterocycles. The maximum absolute atomic E-state index is 9.31. The summed E-state index contributed by atoms with van der Waals surface area (Å²) in [4.78, 5) is 2.09. The lowest BCUT2D eigenvalue weighted by molar-refractivity contribution is 0.244. The van der Waals surface area contributed by atoms with Gasteiger partial charge in [-0.1, -0.05) is 18.5 Å². The molecule has 0 bridgehead atoms. The Balaban J connectivity index is 2.20. The van der Waals surface area contributed by atoms with E-state index in [-0.39, 0.29) is 12.6 Å². The summed E-state index contributed by atoms with van der Waals surface area (Å²) in [5.74, 6) is 1.29. The van der Waals surface area contributed by atoms with E-state index in [0.29, 0.717) is 11.1 Å². The third-order valence-corrected chi connectivity index (χ3v) is 3.18. The van der Waals surface area contributed by atoms with Gasteiger partial charge in [-0.05, 0) is 24.5 Å². The van der Waals surface area contributed by atoms with Crippen LogP contribution in [0, 0.1) is 5.92 Å². The van der Waals surface area contributed by atoms with E-state index in [4.69, 9.17) is 11.6 Å². The molecule has 2 heterocycles. The Morgan fingerprint density at radius 1 is 1.53 bits per heavy atom. The van der Waals surface area contributed by atoms with Crippen molar-refractivity contribution in [3.8, 4) is 0 Å². The lowest BCUT2D eigenvalue weighted by Crippen LogP contribution is -2.35. The van der Waals surface area contributed by atoms with E-state index in [0.717, 1.165) is 18.8 Å². The van der Waals surface area contributed by atoms with E-state index in [9.17, 15) is 5.11 Å². The molecular weight excluding hydrogens is 214 g/mol. The third kappa shape index (κ3) is 2.06. The number of rotatable bonds is 2. The second-order valence-electron chi connectivity index (χ2n) is 3.92. The first-order valence-electron chi connectivity index (χ1n) is 5.09. The highest BCUT2D eigenvalue weighted by molar-refractivity contribution is 6.29. The highest BCUT2D eigenvalue weighted by atomic mass is 35.5. The van der Waals surface area contributed by atoms with E-state index in [1.807, 2.05) is 6.07 Å². The average Bonchev–Trinajstić information content (AvgIpc) is 2.61. The Labute approximate surface area is 93.9 Å². The normalized spacial score (nSPS) is 25.9. The summed E-state index contributed by atoms with van der Waals surface area (Å²) in [6.07, 6.45) is 1.08. The molecule has 1 aliphatic rings. The van der Waals surface area contributed by atoms with Crippen molar-refractivity contribution in [3.05, 3.63) is 17.3 Å². The van der Waals surface area contributed by atoms with Crippen LogP contribution in [0.1, 0.15) is 13.3 Å². The maximum Gasteiger partial charge on any atom is 0.151 e. The van der Waals surface area contributed by atoms with Gasteiger partial charge in [0.25, 0.3) is 0 Å². The number of aromatic nitrogens is 2. The van der Waals surface area contributed by atoms with Crippen LogP contribution in [0.2, 0.25) is 5.15 Å². The summed E-state index contributed by atoms with van der Waals surface area (Å²) in [7, 11) is 0. The first-order chi connectivity index (χ1) is 7.22. The standard InChI is InChI=1S/C10H14ClN3O/c1-7-4-5-14(8(7)6-15)10-3-2-9(11)12-13-10/h2-3,7-8,15H,4-6H2,1H3. The number of anilines is 1. The molecule has 0 spiro atoms. The van der Waals surface area contributed by atoms with Crippen LogP contribution in [-0.2, 0) is 0 Å². The fraction of sp³-hybridized carbons (Fsp3) is 0.600. The van der Waals surface area contributed by atoms with E-state index in [1.54, 1.807) is 6.07 Å². The minimum Gasteiger partial charge on any atom is -0.394 e. The second-order valence-corrected chi connectivity index (χ2v) is 4.31. The predicted molar refractivity (Wildman–Crippen MR) is 59.0 cm³/mol. The van der Waals surface area contributed by atoms with Gasteiger partial charge in [-0.15, -0.1) is 10.2 Å². The van der Waals surface area contributed by atoms with Crippen molar-refractivity contribution >= 4 is 17.4 Å². The summed E-state index contributed by atoms with van der Waals surface area (Å²) < 4.78 is 0. The summed E-state index contributed by atoms with van der Waals surface area (Å²) in [6.45, 7) is 3.22. The second kappa shape index (κ2) is 4.33. The van der Waals surface area contributed by atoms with E-state index in [1.165, 1.54) is 0 Å². The first-order valence-corrected chi connectivity index (χ1v) is 5.47. The van der Waals surface area contributed by atoms with Crippen LogP contribution < -0.4 is 4.90 Å².